The van der Waals surface area contributed by atoms with Crippen LogP contribution in [0, 0.1) is 5.82 Å². The van der Waals surface area contributed by atoms with Crippen LogP contribution in [0.3, 0.4) is 0 Å². The quantitative estimate of drug-likeness (QED) is 0.675. The summed E-state index contributed by atoms with van der Waals surface area (Å²) in [6.45, 7) is 0. The van der Waals surface area contributed by atoms with Crippen molar-refractivity contribution in [2.45, 2.75) is 5.88 Å². The minimum absolute atomic E-state index is 0.132. The number of halogens is 1. The van der Waals surface area contributed by atoms with Gasteiger partial charge < -0.3 is 0 Å². The van der Waals surface area contributed by atoms with E-state index in [1.807, 2.05) is 0 Å². The van der Waals surface area contributed by atoms with Gasteiger partial charge in [0.25, 0.3) is 5.56 Å². The molecular formula is C6H7FN2O3S. The van der Waals surface area contributed by atoms with Gasteiger partial charge in [-0.05, 0) is 0 Å². The molecule has 1 aromatic rings. The summed E-state index contributed by atoms with van der Waals surface area (Å²) in [7, 11) is -1.27. The number of nitrogens with one attached hydrogen (secondary N) is 1. The Hall–Kier alpha value is -1.24. The Kier molecular flexibility index (Phi) is 2.76. The topological polar surface area (TPSA) is 71.9 Å². The van der Waals surface area contributed by atoms with Gasteiger partial charge in [0.1, 0.15) is 5.88 Å². The summed E-state index contributed by atoms with van der Waals surface area (Å²) >= 11 is 0. The van der Waals surface area contributed by atoms with Gasteiger partial charge in [-0.2, -0.15) is 4.39 Å². The van der Waals surface area contributed by atoms with Gasteiger partial charge in [0, 0.05) is 17.1 Å². The molecule has 0 spiro atoms. The van der Waals surface area contributed by atoms with Crippen molar-refractivity contribution >= 4 is 10.8 Å². The molecule has 1 unspecified atom stereocenters. The Morgan fingerprint density at radius 1 is 1.62 bits per heavy atom. The van der Waals surface area contributed by atoms with E-state index in [-0.39, 0.29) is 5.88 Å². The molecule has 0 aliphatic heterocycles. The van der Waals surface area contributed by atoms with Crippen LogP contribution in [0.5, 0.6) is 0 Å². The van der Waals surface area contributed by atoms with E-state index in [4.69, 9.17) is 0 Å². The summed E-state index contributed by atoms with van der Waals surface area (Å²) in [4.78, 5) is 23.2. The number of hydrogen-bond acceptors (Lipinski definition) is 3. The third kappa shape index (κ3) is 2.35. The average molecular weight is 206 g/mol. The van der Waals surface area contributed by atoms with E-state index in [2.05, 4.69) is 0 Å². The van der Waals surface area contributed by atoms with Crippen LogP contribution in [0.4, 0.5) is 4.39 Å². The first-order valence-corrected chi connectivity index (χ1v) is 5.02. The molecule has 5 nitrogen and oxygen atoms in total. The molecule has 7 heteroatoms. The fourth-order valence-corrected chi connectivity index (χ4v) is 1.36. The maximum absolute atomic E-state index is 12.6. The fourth-order valence-electron chi connectivity index (χ4n) is 0.774. The van der Waals surface area contributed by atoms with Crippen LogP contribution < -0.4 is 11.2 Å². The zero-order chi connectivity index (χ0) is 10.0. The second-order valence-corrected chi connectivity index (χ2v) is 3.81. The third-order valence-electron chi connectivity index (χ3n) is 1.29. The van der Waals surface area contributed by atoms with Gasteiger partial charge in [0.2, 0.25) is 5.82 Å². The highest BCUT2D eigenvalue weighted by Crippen LogP contribution is 1.86. The van der Waals surface area contributed by atoms with Crippen LogP contribution in [0.15, 0.2) is 15.8 Å². The first-order valence-electron chi connectivity index (χ1n) is 3.30. The normalized spacial score (nSPS) is 12.8. The minimum atomic E-state index is -1.27. The molecule has 1 N–H and O–H groups in total. The van der Waals surface area contributed by atoms with Crippen molar-refractivity contribution in [3.05, 3.63) is 32.9 Å². The zero-order valence-corrected chi connectivity index (χ0v) is 7.56. The molecular weight excluding hydrogens is 199 g/mol. The molecule has 1 aromatic heterocycles. The highest BCUT2D eigenvalue weighted by molar-refractivity contribution is 7.83. The first-order chi connectivity index (χ1) is 6.00. The smallest absolute Gasteiger partial charge is 0.285 e. The molecule has 72 valence electrons. The Bertz CT molecular complexity index is 450. The highest BCUT2D eigenvalue weighted by atomic mass is 32.2. The lowest BCUT2D eigenvalue weighted by molar-refractivity contribution is 0.572. The van der Waals surface area contributed by atoms with Crippen LogP contribution in [-0.4, -0.2) is 20.0 Å². The van der Waals surface area contributed by atoms with E-state index < -0.39 is 27.9 Å². The average Bonchev–Trinajstić information content (AvgIpc) is 1.99. The van der Waals surface area contributed by atoms with Gasteiger partial charge in [-0.25, -0.2) is 4.79 Å². The largest absolute Gasteiger partial charge is 0.329 e. The molecule has 0 aliphatic carbocycles. The molecule has 0 fully saturated rings. The lowest BCUT2D eigenvalue weighted by Crippen LogP contribution is -2.32. The molecule has 1 rings (SSSR count). The maximum Gasteiger partial charge on any atom is 0.329 e. The standard InChI is InChI=1S/C6H7FN2O3S/c1-13(12)3-9-2-4(7)5(10)8-6(9)11/h2H,3H2,1H3,(H,8,10,11). The van der Waals surface area contributed by atoms with E-state index in [9.17, 15) is 18.2 Å². The molecule has 0 aliphatic rings. The van der Waals surface area contributed by atoms with Gasteiger partial charge in [-0.3, -0.25) is 18.6 Å². The van der Waals surface area contributed by atoms with Crippen molar-refractivity contribution in [2.24, 2.45) is 0 Å². The van der Waals surface area contributed by atoms with Crippen LogP contribution in [0.25, 0.3) is 0 Å². The monoisotopic (exact) mass is 206 g/mol. The number of hydrogen-bond donors (Lipinski definition) is 1. The number of nitrogens with zero attached hydrogens (tertiary/aromatic N) is 1. The summed E-state index contributed by atoms with van der Waals surface area (Å²) < 4.78 is 24.2. The van der Waals surface area contributed by atoms with E-state index in [0.29, 0.717) is 0 Å². The molecule has 0 radical (unpaired) electrons. The van der Waals surface area contributed by atoms with Gasteiger partial charge in [-0.1, -0.05) is 0 Å². The first kappa shape index (κ1) is 9.85. The number of rotatable bonds is 2. The molecule has 0 saturated carbocycles. The van der Waals surface area contributed by atoms with Gasteiger partial charge >= 0.3 is 5.69 Å². The van der Waals surface area contributed by atoms with Crippen LogP contribution in [-0.2, 0) is 16.7 Å². The van der Waals surface area contributed by atoms with Crippen LogP contribution in [0.2, 0.25) is 0 Å². The van der Waals surface area contributed by atoms with Gasteiger partial charge in [-0.15, -0.1) is 0 Å². The Balaban J connectivity index is 3.24. The van der Waals surface area contributed by atoms with Crippen molar-refractivity contribution in [1.82, 2.24) is 9.55 Å². The summed E-state index contributed by atoms with van der Waals surface area (Å²) in [5.41, 5.74) is -1.83. The molecule has 0 amide bonds. The number of aromatic amines is 1. The van der Waals surface area contributed by atoms with Gasteiger partial charge in [0.05, 0.1) is 6.20 Å². The van der Waals surface area contributed by atoms with E-state index in [1.54, 1.807) is 4.98 Å². The van der Waals surface area contributed by atoms with Crippen molar-refractivity contribution in [2.75, 3.05) is 6.26 Å². The van der Waals surface area contributed by atoms with Crippen LogP contribution >= 0.6 is 0 Å². The molecule has 0 aromatic carbocycles. The summed E-state index contributed by atoms with van der Waals surface area (Å²) in [6.07, 6.45) is 2.11. The third-order valence-corrected chi connectivity index (χ3v) is 1.93. The van der Waals surface area contributed by atoms with E-state index in [1.165, 1.54) is 6.26 Å². The maximum atomic E-state index is 12.6. The predicted octanol–water partition coefficient (Wildman–Crippen LogP) is -0.988. The van der Waals surface area contributed by atoms with Crippen LogP contribution in [0.1, 0.15) is 0 Å². The summed E-state index contributed by atoms with van der Waals surface area (Å²) in [6, 6.07) is 0. The molecule has 0 saturated heterocycles. The van der Waals surface area contributed by atoms with E-state index in [0.717, 1.165) is 10.8 Å². The van der Waals surface area contributed by atoms with Crippen molar-refractivity contribution < 1.29 is 8.60 Å². The zero-order valence-electron chi connectivity index (χ0n) is 6.74. The van der Waals surface area contributed by atoms with Crippen molar-refractivity contribution in [1.29, 1.82) is 0 Å². The molecule has 0 bridgehead atoms. The molecule has 13 heavy (non-hydrogen) atoms. The van der Waals surface area contributed by atoms with E-state index >= 15 is 0 Å². The molecule has 1 heterocycles. The minimum Gasteiger partial charge on any atom is -0.285 e. The predicted molar refractivity (Wildman–Crippen MR) is 45.3 cm³/mol. The second-order valence-electron chi connectivity index (χ2n) is 2.41. The SMILES string of the molecule is CS(=O)Cn1cc(F)c(=O)[nH]c1=O. The van der Waals surface area contributed by atoms with Crippen molar-refractivity contribution in [3.8, 4) is 0 Å². The summed E-state index contributed by atoms with van der Waals surface area (Å²) in [5, 5.41) is 0. The fraction of sp³-hybridized carbons (Fsp3) is 0.333. The van der Waals surface area contributed by atoms with Gasteiger partial charge in [0.15, 0.2) is 0 Å². The lowest BCUT2D eigenvalue weighted by Gasteiger charge is -2.00. The lowest BCUT2D eigenvalue weighted by atomic mass is 10.6. The number of aromatic nitrogens is 2. The Morgan fingerprint density at radius 3 is 2.77 bits per heavy atom. The van der Waals surface area contributed by atoms with Crippen molar-refractivity contribution in [3.63, 3.8) is 0 Å². The highest BCUT2D eigenvalue weighted by Gasteiger charge is 2.03. The molecule has 1 atom stereocenters. The Labute approximate surface area is 74.7 Å². The second kappa shape index (κ2) is 3.65. The number of H-pyrrole nitrogens is 1. The Morgan fingerprint density at radius 2 is 2.23 bits per heavy atom. The summed E-state index contributed by atoms with van der Waals surface area (Å²) in [5.74, 6) is -1.20.